The van der Waals surface area contributed by atoms with Crippen LogP contribution in [0.5, 0.6) is 5.75 Å². The third-order valence-corrected chi connectivity index (χ3v) is 6.11. The maximum atomic E-state index is 12.4. The molecular formula is C22H23N3O4. The number of benzene rings is 1. The minimum Gasteiger partial charge on any atom is -0.489 e. The smallest absolute Gasteiger partial charge is 0.415 e. The lowest BCUT2D eigenvalue weighted by atomic mass is 10.0. The van der Waals surface area contributed by atoms with Crippen LogP contribution in [-0.4, -0.2) is 42.3 Å². The maximum absolute atomic E-state index is 12.4. The van der Waals surface area contributed by atoms with E-state index in [1.165, 1.54) is 19.8 Å². The van der Waals surface area contributed by atoms with Crippen LogP contribution in [0.2, 0.25) is 0 Å². The zero-order chi connectivity index (χ0) is 20.2. The quantitative estimate of drug-likeness (QED) is 0.864. The van der Waals surface area contributed by atoms with Crippen molar-refractivity contribution >= 4 is 17.7 Å². The van der Waals surface area contributed by atoms with Crippen molar-refractivity contribution < 1.29 is 19.1 Å². The van der Waals surface area contributed by atoms with Gasteiger partial charge >= 0.3 is 6.09 Å². The minimum absolute atomic E-state index is 0.156. The molecule has 2 aliphatic heterocycles. The highest BCUT2D eigenvalue weighted by Gasteiger charge is 2.46. The van der Waals surface area contributed by atoms with Crippen molar-refractivity contribution in [2.45, 2.75) is 44.2 Å². The molecule has 1 aromatic heterocycles. The summed E-state index contributed by atoms with van der Waals surface area (Å²) in [5.74, 6) is 0.491. The van der Waals surface area contributed by atoms with E-state index in [0.29, 0.717) is 18.0 Å². The molecule has 2 aromatic rings. The maximum Gasteiger partial charge on any atom is 0.415 e. The summed E-state index contributed by atoms with van der Waals surface area (Å²) in [5.41, 5.74) is 4.08. The molecule has 0 spiro atoms. The number of nitrogens with one attached hydrogen (secondary N) is 1. The van der Waals surface area contributed by atoms with E-state index >= 15 is 0 Å². The number of aromatic nitrogens is 1. The van der Waals surface area contributed by atoms with Crippen LogP contribution in [0.1, 0.15) is 32.4 Å². The number of cyclic esters (lactones) is 1. The van der Waals surface area contributed by atoms with E-state index < -0.39 is 12.2 Å². The number of fused-ring (bicyclic) bond motifs is 3. The molecule has 29 heavy (non-hydrogen) atoms. The molecule has 5 rings (SSSR count). The average Bonchev–Trinajstić information content (AvgIpc) is 3.39. The van der Waals surface area contributed by atoms with Crippen LogP contribution in [0.4, 0.5) is 10.5 Å². The Bertz CT molecular complexity index is 984. The number of carbonyl (C=O) groups is 2. The molecule has 1 saturated carbocycles. The highest BCUT2D eigenvalue weighted by atomic mass is 16.6. The highest BCUT2D eigenvalue weighted by molar-refractivity contribution is 5.94. The van der Waals surface area contributed by atoms with Crippen LogP contribution >= 0.6 is 0 Å². The van der Waals surface area contributed by atoms with Gasteiger partial charge in [0.15, 0.2) is 0 Å². The van der Waals surface area contributed by atoms with Crippen LogP contribution in [-0.2, 0) is 14.9 Å². The summed E-state index contributed by atoms with van der Waals surface area (Å²) in [7, 11) is 0. The van der Waals surface area contributed by atoms with Gasteiger partial charge in [-0.2, -0.15) is 0 Å². The van der Waals surface area contributed by atoms with Crippen molar-refractivity contribution in [3.63, 3.8) is 0 Å². The first-order chi connectivity index (χ1) is 13.9. The van der Waals surface area contributed by atoms with Gasteiger partial charge in [-0.15, -0.1) is 0 Å². The predicted molar refractivity (Wildman–Crippen MR) is 107 cm³/mol. The average molecular weight is 393 g/mol. The molecule has 2 fully saturated rings. The molecule has 1 N–H and O–H groups in total. The minimum atomic E-state index is -0.431. The molecule has 1 aliphatic carbocycles. The fraction of sp³-hybridized carbons (Fsp3) is 0.409. The lowest BCUT2D eigenvalue weighted by molar-refractivity contribution is -0.119. The predicted octanol–water partition coefficient (Wildman–Crippen LogP) is 3.02. The van der Waals surface area contributed by atoms with Crippen LogP contribution in [0, 0.1) is 0 Å². The Hall–Kier alpha value is -3.09. The van der Waals surface area contributed by atoms with Gasteiger partial charge in [0.25, 0.3) is 0 Å². The lowest BCUT2D eigenvalue weighted by Gasteiger charge is -2.31. The van der Waals surface area contributed by atoms with Crippen molar-refractivity contribution in [3.05, 3.63) is 42.2 Å². The fourth-order valence-electron chi connectivity index (χ4n) is 4.00. The lowest BCUT2D eigenvalue weighted by Crippen LogP contribution is -2.47. The molecule has 0 unspecified atom stereocenters. The second-order valence-corrected chi connectivity index (χ2v) is 8.28. The van der Waals surface area contributed by atoms with E-state index in [4.69, 9.17) is 9.47 Å². The van der Waals surface area contributed by atoms with E-state index in [2.05, 4.69) is 29.4 Å². The first kappa shape index (κ1) is 18.0. The molecule has 1 aromatic carbocycles. The van der Waals surface area contributed by atoms with Gasteiger partial charge in [-0.05, 0) is 36.6 Å². The summed E-state index contributed by atoms with van der Waals surface area (Å²) in [5, 5.41) is 2.71. The zero-order valence-electron chi connectivity index (χ0n) is 16.5. The highest BCUT2D eigenvalue weighted by Crippen LogP contribution is 2.47. The van der Waals surface area contributed by atoms with Crippen molar-refractivity contribution in [2.24, 2.45) is 0 Å². The number of nitrogens with zero attached hydrogens (tertiary/aromatic N) is 2. The van der Waals surface area contributed by atoms with E-state index in [0.717, 1.165) is 16.8 Å². The number of amides is 2. The van der Waals surface area contributed by atoms with E-state index in [1.807, 2.05) is 24.4 Å². The molecule has 7 nitrogen and oxygen atoms in total. The van der Waals surface area contributed by atoms with Crippen LogP contribution in [0.3, 0.4) is 0 Å². The van der Waals surface area contributed by atoms with Crippen molar-refractivity contribution in [1.29, 1.82) is 0 Å². The molecule has 0 bridgehead atoms. The van der Waals surface area contributed by atoms with Gasteiger partial charge in [0.2, 0.25) is 5.91 Å². The standard InChI is InChI=1S/C22H23N3O4/c1-13(26)23-11-19-17-12-28-18-9-14(3-5-16(18)25(17)21(27)29-19)15-4-6-20(24-10-15)22(2)7-8-22/h3-6,9-10,17,19H,7-8,11-12H2,1-2H3,(H,23,26)/t17-,19-/m0/s1. The number of rotatable bonds is 4. The van der Waals surface area contributed by atoms with Gasteiger partial charge in [-0.3, -0.25) is 14.7 Å². The number of pyridine rings is 1. The van der Waals surface area contributed by atoms with Crippen LogP contribution < -0.4 is 15.0 Å². The Labute approximate surface area is 169 Å². The fourth-order valence-corrected chi connectivity index (χ4v) is 4.00. The second kappa shape index (κ2) is 6.47. The molecule has 0 radical (unpaired) electrons. The first-order valence-electron chi connectivity index (χ1n) is 9.93. The van der Waals surface area contributed by atoms with E-state index in [9.17, 15) is 9.59 Å². The van der Waals surface area contributed by atoms with Gasteiger partial charge in [-0.25, -0.2) is 4.79 Å². The third kappa shape index (κ3) is 3.10. The second-order valence-electron chi connectivity index (χ2n) is 8.28. The molecule has 2 amide bonds. The summed E-state index contributed by atoms with van der Waals surface area (Å²) < 4.78 is 11.4. The van der Waals surface area contributed by atoms with Gasteiger partial charge in [0.1, 0.15) is 24.5 Å². The molecular weight excluding hydrogens is 370 g/mol. The molecule has 3 aliphatic rings. The normalized spacial score (nSPS) is 23.5. The number of hydrogen-bond acceptors (Lipinski definition) is 5. The molecule has 1 saturated heterocycles. The van der Waals surface area contributed by atoms with Crippen molar-refractivity contribution in [1.82, 2.24) is 10.3 Å². The zero-order valence-corrected chi connectivity index (χ0v) is 16.5. The van der Waals surface area contributed by atoms with Gasteiger partial charge in [-0.1, -0.05) is 19.1 Å². The summed E-state index contributed by atoms with van der Waals surface area (Å²) in [4.78, 5) is 29.9. The molecule has 2 atom stereocenters. The molecule has 150 valence electrons. The van der Waals surface area contributed by atoms with Crippen LogP contribution in [0.25, 0.3) is 11.1 Å². The van der Waals surface area contributed by atoms with Gasteiger partial charge in [0, 0.05) is 29.8 Å². The molecule has 3 heterocycles. The Morgan fingerprint density at radius 2 is 2.07 bits per heavy atom. The number of ether oxygens (including phenoxy) is 2. The van der Waals surface area contributed by atoms with Gasteiger partial charge in [0.05, 0.1) is 12.2 Å². The largest absolute Gasteiger partial charge is 0.489 e. The number of carbonyl (C=O) groups excluding carboxylic acids is 2. The van der Waals surface area contributed by atoms with Crippen molar-refractivity contribution in [2.75, 3.05) is 18.1 Å². The van der Waals surface area contributed by atoms with E-state index in [-0.39, 0.29) is 23.9 Å². The first-order valence-corrected chi connectivity index (χ1v) is 9.93. The Balaban J connectivity index is 1.39. The number of hydrogen-bond donors (Lipinski definition) is 1. The summed E-state index contributed by atoms with van der Waals surface area (Å²) >= 11 is 0. The SMILES string of the molecule is CC(=O)NC[C@@H]1OC(=O)N2c3ccc(-c4ccc(C5(C)CC5)nc4)cc3OC[C@@H]12. The topological polar surface area (TPSA) is 80.8 Å². The van der Waals surface area contributed by atoms with E-state index in [1.54, 1.807) is 4.90 Å². The Morgan fingerprint density at radius 1 is 1.28 bits per heavy atom. The van der Waals surface area contributed by atoms with Gasteiger partial charge < -0.3 is 14.8 Å². The summed E-state index contributed by atoms with van der Waals surface area (Å²) in [6, 6.07) is 9.72. The summed E-state index contributed by atoms with van der Waals surface area (Å²) in [6.07, 6.45) is 3.45. The summed E-state index contributed by atoms with van der Waals surface area (Å²) in [6.45, 7) is 4.28. The third-order valence-electron chi connectivity index (χ3n) is 6.11. The van der Waals surface area contributed by atoms with Crippen LogP contribution in [0.15, 0.2) is 36.5 Å². The monoisotopic (exact) mass is 393 g/mol. The Kier molecular flexibility index (Phi) is 4.01. The van der Waals surface area contributed by atoms with Crippen molar-refractivity contribution in [3.8, 4) is 16.9 Å². The Morgan fingerprint density at radius 3 is 2.76 bits per heavy atom. The molecule has 7 heteroatoms. The number of anilines is 1.